The lowest BCUT2D eigenvalue weighted by Gasteiger charge is -2.33. The minimum absolute atomic E-state index is 0.00364. The number of carbonyl (C=O) groups is 2. The standard InChI is InChI=1S/C25H29N3O3S/c1-17-6-5-7-19(16-17)23(29)26-21(12-15-32-2)25(30)28-13-10-18(11-14-28)24-27-20-8-3-4-9-22(20)31-24/h3-9,16,18,21H,10-15H2,1-2H3,(H,26,29). The van der Waals surface area contributed by atoms with Crippen LogP contribution < -0.4 is 5.32 Å². The van der Waals surface area contributed by atoms with Gasteiger partial charge >= 0.3 is 0 Å². The number of piperidine rings is 1. The summed E-state index contributed by atoms with van der Waals surface area (Å²) >= 11 is 1.68. The van der Waals surface area contributed by atoms with E-state index >= 15 is 0 Å². The van der Waals surface area contributed by atoms with E-state index in [1.807, 2.05) is 60.5 Å². The lowest BCUT2D eigenvalue weighted by molar-refractivity contribution is -0.134. The van der Waals surface area contributed by atoms with Gasteiger partial charge in [0, 0.05) is 24.6 Å². The molecular weight excluding hydrogens is 422 g/mol. The molecule has 0 radical (unpaired) electrons. The third-order valence-corrected chi connectivity index (χ3v) is 6.60. The van der Waals surface area contributed by atoms with Crippen LogP contribution in [-0.2, 0) is 4.79 Å². The van der Waals surface area contributed by atoms with Gasteiger partial charge in [-0.05, 0) is 62.5 Å². The SMILES string of the molecule is CSCCC(NC(=O)c1cccc(C)c1)C(=O)N1CCC(c2nc3ccccc3o2)CC1. The first-order valence-electron chi connectivity index (χ1n) is 11.1. The molecule has 3 aromatic rings. The molecule has 0 saturated carbocycles. The van der Waals surface area contributed by atoms with Crippen molar-refractivity contribution >= 4 is 34.7 Å². The molecule has 2 amide bonds. The number of likely N-dealkylation sites (tertiary alicyclic amines) is 1. The van der Waals surface area contributed by atoms with Gasteiger partial charge in [-0.3, -0.25) is 9.59 Å². The molecule has 6 nitrogen and oxygen atoms in total. The molecule has 1 atom stereocenters. The van der Waals surface area contributed by atoms with Crippen LogP contribution >= 0.6 is 11.8 Å². The highest BCUT2D eigenvalue weighted by Crippen LogP contribution is 2.30. The number of benzene rings is 2. The van der Waals surface area contributed by atoms with Gasteiger partial charge in [0.25, 0.3) is 5.91 Å². The van der Waals surface area contributed by atoms with Gasteiger partial charge in [0.05, 0.1) is 0 Å². The fourth-order valence-corrected chi connectivity index (χ4v) is 4.62. The second-order valence-corrected chi connectivity index (χ2v) is 9.28. The van der Waals surface area contributed by atoms with Crippen molar-refractivity contribution in [2.24, 2.45) is 0 Å². The van der Waals surface area contributed by atoms with Crippen LogP contribution in [0.25, 0.3) is 11.1 Å². The Morgan fingerprint density at radius 2 is 1.97 bits per heavy atom. The molecule has 1 unspecified atom stereocenters. The zero-order valence-corrected chi connectivity index (χ0v) is 19.4. The van der Waals surface area contributed by atoms with Crippen LogP contribution in [0.15, 0.2) is 52.9 Å². The number of rotatable bonds is 7. The highest BCUT2D eigenvalue weighted by molar-refractivity contribution is 7.98. The van der Waals surface area contributed by atoms with E-state index in [0.717, 1.165) is 41.1 Å². The number of carbonyl (C=O) groups excluding carboxylic acids is 2. The third-order valence-electron chi connectivity index (χ3n) is 5.96. The van der Waals surface area contributed by atoms with Gasteiger partial charge in [-0.1, -0.05) is 29.8 Å². The predicted molar refractivity (Wildman–Crippen MR) is 128 cm³/mol. The number of para-hydroxylation sites is 2. The molecule has 0 bridgehead atoms. The topological polar surface area (TPSA) is 75.4 Å². The zero-order chi connectivity index (χ0) is 22.5. The van der Waals surface area contributed by atoms with Crippen LogP contribution in [0, 0.1) is 6.92 Å². The molecule has 32 heavy (non-hydrogen) atoms. The number of aromatic nitrogens is 1. The van der Waals surface area contributed by atoms with Crippen molar-refractivity contribution in [3.8, 4) is 0 Å². The Hall–Kier alpha value is -2.80. The summed E-state index contributed by atoms with van der Waals surface area (Å²) < 4.78 is 5.94. The van der Waals surface area contributed by atoms with E-state index in [-0.39, 0.29) is 17.7 Å². The smallest absolute Gasteiger partial charge is 0.251 e. The molecule has 1 aromatic heterocycles. The molecule has 0 aliphatic carbocycles. The quantitative estimate of drug-likeness (QED) is 0.576. The first-order chi connectivity index (χ1) is 15.5. The third kappa shape index (κ3) is 5.15. The second-order valence-electron chi connectivity index (χ2n) is 8.30. The molecule has 1 fully saturated rings. The number of aryl methyl sites for hydroxylation is 1. The Labute approximate surface area is 192 Å². The molecule has 168 valence electrons. The van der Waals surface area contributed by atoms with Gasteiger partial charge in [0.2, 0.25) is 5.91 Å². The zero-order valence-electron chi connectivity index (χ0n) is 18.5. The highest BCUT2D eigenvalue weighted by atomic mass is 32.2. The van der Waals surface area contributed by atoms with Crippen molar-refractivity contribution in [1.29, 1.82) is 0 Å². The molecule has 0 spiro atoms. The minimum Gasteiger partial charge on any atom is -0.440 e. The predicted octanol–water partition coefficient (Wildman–Crippen LogP) is 4.39. The molecule has 1 aliphatic heterocycles. The Balaban J connectivity index is 1.39. The van der Waals surface area contributed by atoms with Gasteiger partial charge in [-0.2, -0.15) is 11.8 Å². The maximum atomic E-state index is 13.3. The van der Waals surface area contributed by atoms with Crippen molar-refractivity contribution in [1.82, 2.24) is 15.2 Å². The van der Waals surface area contributed by atoms with Crippen molar-refractivity contribution in [2.45, 2.75) is 38.1 Å². The number of fused-ring (bicyclic) bond motifs is 1. The van der Waals surface area contributed by atoms with E-state index in [4.69, 9.17) is 4.42 Å². The van der Waals surface area contributed by atoms with Crippen LogP contribution in [0.4, 0.5) is 0 Å². The Bertz CT molecular complexity index is 1060. The van der Waals surface area contributed by atoms with Crippen molar-refractivity contribution in [3.63, 3.8) is 0 Å². The minimum atomic E-state index is -0.517. The van der Waals surface area contributed by atoms with Crippen molar-refractivity contribution in [3.05, 3.63) is 65.5 Å². The Morgan fingerprint density at radius 3 is 2.69 bits per heavy atom. The summed E-state index contributed by atoms with van der Waals surface area (Å²) in [7, 11) is 0. The van der Waals surface area contributed by atoms with Gasteiger partial charge in [0.1, 0.15) is 11.6 Å². The number of oxazole rings is 1. The molecular formula is C25H29N3O3S. The summed E-state index contributed by atoms with van der Waals surface area (Å²) in [5.74, 6) is 1.57. The van der Waals surface area contributed by atoms with E-state index < -0.39 is 6.04 Å². The van der Waals surface area contributed by atoms with Crippen LogP contribution in [0.2, 0.25) is 0 Å². The number of thioether (sulfide) groups is 1. The second kappa shape index (κ2) is 10.2. The fourth-order valence-electron chi connectivity index (χ4n) is 4.15. The summed E-state index contributed by atoms with van der Waals surface area (Å²) in [6.07, 6.45) is 4.23. The lowest BCUT2D eigenvalue weighted by Crippen LogP contribution is -2.50. The maximum Gasteiger partial charge on any atom is 0.251 e. The highest BCUT2D eigenvalue weighted by Gasteiger charge is 2.31. The largest absolute Gasteiger partial charge is 0.440 e. The molecule has 1 aliphatic rings. The number of hydrogen-bond donors (Lipinski definition) is 1. The van der Waals surface area contributed by atoms with Gasteiger partial charge < -0.3 is 14.6 Å². The van der Waals surface area contributed by atoms with E-state index in [2.05, 4.69) is 10.3 Å². The molecule has 1 saturated heterocycles. The molecule has 7 heteroatoms. The van der Waals surface area contributed by atoms with Crippen molar-refractivity contribution in [2.75, 3.05) is 25.1 Å². The van der Waals surface area contributed by atoms with E-state index in [9.17, 15) is 9.59 Å². The molecule has 1 N–H and O–H groups in total. The monoisotopic (exact) mass is 451 g/mol. The summed E-state index contributed by atoms with van der Waals surface area (Å²) in [6, 6.07) is 14.7. The van der Waals surface area contributed by atoms with Crippen LogP contribution in [0.1, 0.15) is 47.0 Å². The maximum absolute atomic E-state index is 13.3. The van der Waals surface area contributed by atoms with Crippen molar-refractivity contribution < 1.29 is 14.0 Å². The normalized spacial score (nSPS) is 15.6. The van der Waals surface area contributed by atoms with E-state index in [1.54, 1.807) is 17.8 Å². The fraction of sp³-hybridized carbons (Fsp3) is 0.400. The number of hydrogen-bond acceptors (Lipinski definition) is 5. The van der Waals surface area contributed by atoms with Crippen LogP contribution in [-0.4, -0.2) is 52.8 Å². The average molecular weight is 452 g/mol. The number of nitrogens with one attached hydrogen (secondary N) is 1. The molecule has 2 aromatic carbocycles. The summed E-state index contributed by atoms with van der Waals surface area (Å²) in [5.41, 5.74) is 3.28. The van der Waals surface area contributed by atoms with Gasteiger partial charge in [-0.15, -0.1) is 0 Å². The Kier molecular flexibility index (Phi) is 7.15. The summed E-state index contributed by atoms with van der Waals surface area (Å²) in [6.45, 7) is 3.23. The van der Waals surface area contributed by atoms with Crippen LogP contribution in [0.5, 0.6) is 0 Å². The van der Waals surface area contributed by atoms with E-state index in [0.29, 0.717) is 25.1 Å². The van der Waals surface area contributed by atoms with Gasteiger partial charge in [-0.25, -0.2) is 4.98 Å². The average Bonchev–Trinajstić information content (AvgIpc) is 3.25. The first kappa shape index (κ1) is 22.4. The number of amides is 2. The summed E-state index contributed by atoms with van der Waals surface area (Å²) in [4.78, 5) is 32.6. The lowest BCUT2D eigenvalue weighted by atomic mass is 9.96. The van der Waals surface area contributed by atoms with Gasteiger partial charge in [0.15, 0.2) is 11.5 Å². The summed E-state index contributed by atoms with van der Waals surface area (Å²) in [5, 5.41) is 2.98. The van der Waals surface area contributed by atoms with E-state index in [1.165, 1.54) is 0 Å². The Morgan fingerprint density at radius 1 is 1.19 bits per heavy atom. The van der Waals surface area contributed by atoms with Crippen LogP contribution in [0.3, 0.4) is 0 Å². The number of nitrogens with zero attached hydrogens (tertiary/aromatic N) is 2. The first-order valence-corrected chi connectivity index (χ1v) is 12.5. The molecule has 4 rings (SSSR count). The molecule has 2 heterocycles.